The molecule has 0 aliphatic carbocycles. The number of anilines is 1. The van der Waals surface area contributed by atoms with Crippen molar-refractivity contribution in [3.63, 3.8) is 0 Å². The third-order valence-corrected chi connectivity index (χ3v) is 3.46. The molecule has 0 bridgehead atoms. The molecule has 0 N–H and O–H groups in total. The average molecular weight is 279 g/mol. The van der Waals surface area contributed by atoms with Gasteiger partial charge in [0.25, 0.3) is 0 Å². The molecular formula is C15H25N3O2. The number of nitrogens with zero attached hydrogens (tertiary/aromatic N) is 3. The van der Waals surface area contributed by atoms with E-state index in [-0.39, 0.29) is 6.29 Å². The molecule has 0 radical (unpaired) electrons. The van der Waals surface area contributed by atoms with E-state index in [2.05, 4.69) is 20.9 Å². The topological polar surface area (TPSA) is 37.8 Å². The van der Waals surface area contributed by atoms with Crippen LogP contribution in [0.5, 0.6) is 0 Å². The molecule has 0 saturated carbocycles. The minimum Gasteiger partial charge on any atom is -0.354 e. The van der Waals surface area contributed by atoms with Crippen LogP contribution in [0.25, 0.3) is 0 Å². The molecule has 1 saturated heterocycles. The Kier molecular flexibility index (Phi) is 6.24. The van der Waals surface area contributed by atoms with Crippen LogP contribution >= 0.6 is 0 Å². The summed E-state index contributed by atoms with van der Waals surface area (Å²) in [6.07, 6.45) is 1.74. The van der Waals surface area contributed by atoms with Crippen LogP contribution in [0.4, 0.5) is 5.82 Å². The number of rotatable bonds is 7. The van der Waals surface area contributed by atoms with Crippen LogP contribution in [-0.4, -0.2) is 62.1 Å². The Morgan fingerprint density at radius 2 is 1.80 bits per heavy atom. The first-order valence-electron chi connectivity index (χ1n) is 7.45. The van der Waals surface area contributed by atoms with Gasteiger partial charge in [0.05, 0.1) is 0 Å². The van der Waals surface area contributed by atoms with Crippen LogP contribution in [-0.2, 0) is 9.47 Å². The standard InChI is InChI=1S/C15H25N3O2/c1-3-19-15(20-4-2)13-17-9-11-18(12-10-17)14-7-5-6-8-16-14/h5-8,15H,3-4,9-13H2,1-2H3. The first-order chi connectivity index (χ1) is 9.83. The first kappa shape index (κ1) is 15.2. The summed E-state index contributed by atoms with van der Waals surface area (Å²) in [7, 11) is 0. The molecule has 2 rings (SSSR count). The van der Waals surface area contributed by atoms with Gasteiger partial charge in [-0.1, -0.05) is 6.07 Å². The summed E-state index contributed by atoms with van der Waals surface area (Å²) in [6, 6.07) is 6.06. The van der Waals surface area contributed by atoms with Crippen molar-refractivity contribution >= 4 is 5.82 Å². The van der Waals surface area contributed by atoms with E-state index >= 15 is 0 Å². The Labute approximate surface area is 121 Å². The van der Waals surface area contributed by atoms with Gasteiger partial charge in [-0.2, -0.15) is 0 Å². The highest BCUT2D eigenvalue weighted by Crippen LogP contribution is 2.13. The average Bonchev–Trinajstić information content (AvgIpc) is 2.49. The van der Waals surface area contributed by atoms with E-state index in [1.807, 2.05) is 32.2 Å². The smallest absolute Gasteiger partial charge is 0.170 e. The summed E-state index contributed by atoms with van der Waals surface area (Å²) in [5.41, 5.74) is 0. The molecule has 1 aromatic rings. The summed E-state index contributed by atoms with van der Waals surface area (Å²) in [4.78, 5) is 9.13. The molecule has 1 fully saturated rings. The second-order valence-corrected chi connectivity index (χ2v) is 4.82. The van der Waals surface area contributed by atoms with Crippen LogP contribution in [0, 0.1) is 0 Å². The summed E-state index contributed by atoms with van der Waals surface area (Å²) >= 11 is 0. The number of aromatic nitrogens is 1. The predicted molar refractivity (Wildman–Crippen MR) is 79.9 cm³/mol. The Balaban J connectivity index is 1.79. The van der Waals surface area contributed by atoms with Gasteiger partial charge in [0.15, 0.2) is 6.29 Å². The number of pyridine rings is 1. The van der Waals surface area contributed by atoms with Gasteiger partial charge in [0.1, 0.15) is 5.82 Å². The SMILES string of the molecule is CCOC(CN1CCN(c2ccccn2)CC1)OCC. The molecule has 20 heavy (non-hydrogen) atoms. The van der Waals surface area contributed by atoms with Gasteiger partial charge >= 0.3 is 0 Å². The maximum atomic E-state index is 5.61. The molecule has 1 aliphatic heterocycles. The maximum absolute atomic E-state index is 5.61. The van der Waals surface area contributed by atoms with E-state index in [1.165, 1.54) is 0 Å². The summed E-state index contributed by atoms with van der Waals surface area (Å²) in [5, 5.41) is 0. The highest BCUT2D eigenvalue weighted by Gasteiger charge is 2.21. The van der Waals surface area contributed by atoms with Gasteiger partial charge in [0.2, 0.25) is 0 Å². The molecule has 5 heteroatoms. The fraction of sp³-hybridized carbons (Fsp3) is 0.667. The monoisotopic (exact) mass is 279 g/mol. The number of piperazine rings is 1. The van der Waals surface area contributed by atoms with Gasteiger partial charge in [-0.25, -0.2) is 4.98 Å². The van der Waals surface area contributed by atoms with Crippen molar-refractivity contribution in [3.8, 4) is 0 Å². The van der Waals surface area contributed by atoms with Crippen LogP contribution in [0.15, 0.2) is 24.4 Å². The molecule has 1 aromatic heterocycles. The van der Waals surface area contributed by atoms with E-state index in [0.717, 1.165) is 38.5 Å². The van der Waals surface area contributed by atoms with Crippen molar-refractivity contribution in [3.05, 3.63) is 24.4 Å². The van der Waals surface area contributed by atoms with E-state index < -0.39 is 0 Å². The second-order valence-electron chi connectivity index (χ2n) is 4.82. The van der Waals surface area contributed by atoms with Crippen LogP contribution in [0.3, 0.4) is 0 Å². The zero-order chi connectivity index (χ0) is 14.2. The quantitative estimate of drug-likeness (QED) is 0.709. The Morgan fingerprint density at radius 3 is 2.35 bits per heavy atom. The highest BCUT2D eigenvalue weighted by molar-refractivity contribution is 5.38. The fourth-order valence-electron chi connectivity index (χ4n) is 2.44. The highest BCUT2D eigenvalue weighted by atomic mass is 16.7. The van der Waals surface area contributed by atoms with Gasteiger partial charge in [0, 0.05) is 52.1 Å². The predicted octanol–water partition coefficient (Wildman–Crippen LogP) is 1.60. The van der Waals surface area contributed by atoms with Gasteiger partial charge in [-0.15, -0.1) is 0 Å². The Hall–Kier alpha value is -1.17. The molecule has 0 unspecified atom stereocenters. The van der Waals surface area contributed by atoms with Gasteiger partial charge in [-0.05, 0) is 26.0 Å². The largest absolute Gasteiger partial charge is 0.354 e. The molecule has 0 aromatic carbocycles. The fourth-order valence-corrected chi connectivity index (χ4v) is 2.44. The van der Waals surface area contributed by atoms with E-state index in [9.17, 15) is 0 Å². The van der Waals surface area contributed by atoms with Crippen molar-refractivity contribution in [2.75, 3.05) is 50.8 Å². The maximum Gasteiger partial charge on any atom is 0.170 e. The summed E-state index contributed by atoms with van der Waals surface area (Å²) in [5.74, 6) is 1.07. The van der Waals surface area contributed by atoms with E-state index in [4.69, 9.17) is 9.47 Å². The molecule has 0 amide bonds. The lowest BCUT2D eigenvalue weighted by atomic mass is 10.3. The summed E-state index contributed by atoms with van der Waals surface area (Å²) < 4.78 is 11.2. The third-order valence-electron chi connectivity index (χ3n) is 3.46. The van der Waals surface area contributed by atoms with Crippen LogP contribution in [0.1, 0.15) is 13.8 Å². The molecular weight excluding hydrogens is 254 g/mol. The summed E-state index contributed by atoms with van der Waals surface area (Å²) in [6.45, 7) is 10.3. The van der Waals surface area contributed by atoms with Gasteiger partial charge < -0.3 is 14.4 Å². The van der Waals surface area contributed by atoms with Crippen molar-refractivity contribution < 1.29 is 9.47 Å². The number of hydrogen-bond donors (Lipinski definition) is 0. The van der Waals surface area contributed by atoms with E-state index in [0.29, 0.717) is 13.2 Å². The van der Waals surface area contributed by atoms with Crippen LogP contribution < -0.4 is 4.90 Å². The molecule has 1 aliphatic rings. The molecule has 112 valence electrons. The third kappa shape index (κ3) is 4.44. The first-order valence-corrected chi connectivity index (χ1v) is 7.45. The van der Waals surface area contributed by atoms with Crippen molar-refractivity contribution in [1.29, 1.82) is 0 Å². The normalized spacial score (nSPS) is 16.9. The zero-order valence-corrected chi connectivity index (χ0v) is 12.5. The number of ether oxygens (including phenoxy) is 2. The van der Waals surface area contributed by atoms with Crippen molar-refractivity contribution in [2.24, 2.45) is 0 Å². The Bertz CT molecular complexity index is 361. The zero-order valence-electron chi connectivity index (χ0n) is 12.5. The van der Waals surface area contributed by atoms with Crippen molar-refractivity contribution in [2.45, 2.75) is 20.1 Å². The van der Waals surface area contributed by atoms with Gasteiger partial charge in [-0.3, -0.25) is 4.90 Å². The molecule has 5 nitrogen and oxygen atoms in total. The number of hydrogen-bond acceptors (Lipinski definition) is 5. The lowest BCUT2D eigenvalue weighted by molar-refractivity contribution is -0.147. The second kappa shape index (κ2) is 8.19. The Morgan fingerprint density at radius 1 is 1.10 bits per heavy atom. The van der Waals surface area contributed by atoms with Crippen LogP contribution in [0.2, 0.25) is 0 Å². The lowest BCUT2D eigenvalue weighted by Gasteiger charge is -2.36. The molecule has 0 atom stereocenters. The molecule has 2 heterocycles. The van der Waals surface area contributed by atoms with Crippen molar-refractivity contribution in [1.82, 2.24) is 9.88 Å². The minimum absolute atomic E-state index is 0.105. The lowest BCUT2D eigenvalue weighted by Crippen LogP contribution is -2.49. The minimum atomic E-state index is -0.105. The molecule has 0 spiro atoms. The van der Waals surface area contributed by atoms with E-state index in [1.54, 1.807) is 0 Å².